The Morgan fingerprint density at radius 1 is 1.13 bits per heavy atom. The molecule has 1 N–H and O–H groups in total. The highest BCUT2D eigenvalue weighted by Crippen LogP contribution is 2.27. The summed E-state index contributed by atoms with van der Waals surface area (Å²) in [6.07, 6.45) is -5.01. The zero-order valence-corrected chi connectivity index (χ0v) is 16.5. The van der Waals surface area contributed by atoms with Crippen LogP contribution in [0.3, 0.4) is 0 Å². The highest BCUT2D eigenvalue weighted by molar-refractivity contribution is 5.93. The van der Waals surface area contributed by atoms with E-state index in [-0.39, 0.29) is 19.0 Å². The van der Waals surface area contributed by atoms with Crippen molar-refractivity contribution in [2.45, 2.75) is 25.4 Å². The van der Waals surface area contributed by atoms with Gasteiger partial charge in [-0.1, -0.05) is 24.3 Å². The third-order valence-electron chi connectivity index (χ3n) is 5.05. The minimum Gasteiger partial charge on any atom is -0.497 e. The maximum Gasteiger partial charge on any atom is 0.397 e. The third-order valence-corrected chi connectivity index (χ3v) is 5.05. The molecule has 5 nitrogen and oxygen atoms in total. The van der Waals surface area contributed by atoms with Gasteiger partial charge in [-0.3, -0.25) is 9.59 Å². The lowest BCUT2D eigenvalue weighted by Crippen LogP contribution is -2.44. The minimum atomic E-state index is -4.54. The number of carbonyl (C=O) groups excluding carboxylic acids is 2. The number of rotatable bonds is 5. The molecule has 1 aliphatic rings. The minimum absolute atomic E-state index is 0.00262. The molecular weight excluding hydrogens is 397 g/mol. The second-order valence-electron chi connectivity index (χ2n) is 7.27. The highest BCUT2D eigenvalue weighted by Gasteiger charge is 2.36. The first-order chi connectivity index (χ1) is 14.2. The molecule has 0 spiro atoms. The molecule has 2 amide bonds. The van der Waals surface area contributed by atoms with Crippen LogP contribution in [0.4, 0.5) is 18.9 Å². The molecule has 1 atom stereocenters. The first kappa shape index (κ1) is 21.7. The van der Waals surface area contributed by atoms with Crippen LogP contribution < -0.4 is 10.1 Å². The number of hydrogen-bond acceptors (Lipinski definition) is 3. The first-order valence-electron chi connectivity index (χ1n) is 9.65. The van der Waals surface area contributed by atoms with Crippen molar-refractivity contribution in [1.29, 1.82) is 0 Å². The lowest BCUT2D eigenvalue weighted by atomic mass is 9.96. The second kappa shape index (κ2) is 9.19. The van der Waals surface area contributed by atoms with Crippen molar-refractivity contribution >= 4 is 17.5 Å². The fourth-order valence-corrected chi connectivity index (χ4v) is 3.49. The number of likely N-dealkylation sites (tertiary alicyclic amines) is 1. The molecule has 0 saturated carbocycles. The summed E-state index contributed by atoms with van der Waals surface area (Å²) >= 11 is 0. The van der Waals surface area contributed by atoms with Crippen molar-refractivity contribution in [3.8, 4) is 16.9 Å². The fraction of sp³-hybridized carbons (Fsp3) is 0.364. The molecular formula is C22H23F3N2O3. The summed E-state index contributed by atoms with van der Waals surface area (Å²) < 4.78 is 42.6. The summed E-state index contributed by atoms with van der Waals surface area (Å²) in [6.45, 7) is 0.247. The van der Waals surface area contributed by atoms with E-state index in [9.17, 15) is 22.8 Å². The van der Waals surface area contributed by atoms with Gasteiger partial charge in [0.2, 0.25) is 11.8 Å². The zero-order valence-electron chi connectivity index (χ0n) is 16.5. The van der Waals surface area contributed by atoms with E-state index < -0.39 is 24.4 Å². The molecule has 1 heterocycles. The molecule has 0 aromatic heterocycles. The van der Waals surface area contributed by atoms with Crippen LogP contribution in [0.5, 0.6) is 5.75 Å². The second-order valence-corrected chi connectivity index (χ2v) is 7.27. The van der Waals surface area contributed by atoms with Crippen LogP contribution in [0, 0.1) is 5.92 Å². The third kappa shape index (κ3) is 5.75. The number of anilines is 1. The summed E-state index contributed by atoms with van der Waals surface area (Å²) in [6, 6.07) is 14.9. The SMILES string of the molecule is COc1cccc(-c2ccc(NC(=O)[C@@H]3CCCN(C(=O)CC(F)(F)F)C3)cc2)c1. The molecule has 2 aromatic carbocycles. The van der Waals surface area contributed by atoms with E-state index in [0.717, 1.165) is 21.8 Å². The number of hydrogen-bond donors (Lipinski definition) is 1. The smallest absolute Gasteiger partial charge is 0.397 e. The van der Waals surface area contributed by atoms with Gasteiger partial charge in [0.15, 0.2) is 0 Å². The van der Waals surface area contributed by atoms with E-state index in [1.165, 1.54) is 0 Å². The van der Waals surface area contributed by atoms with Crippen LogP contribution in [0.2, 0.25) is 0 Å². The van der Waals surface area contributed by atoms with Gasteiger partial charge in [0.1, 0.15) is 12.2 Å². The molecule has 1 aliphatic heterocycles. The van der Waals surface area contributed by atoms with Gasteiger partial charge in [-0.05, 0) is 48.2 Å². The van der Waals surface area contributed by atoms with Gasteiger partial charge in [0.25, 0.3) is 0 Å². The number of amides is 2. The first-order valence-corrected chi connectivity index (χ1v) is 9.65. The highest BCUT2D eigenvalue weighted by atomic mass is 19.4. The normalized spacial score (nSPS) is 16.8. The van der Waals surface area contributed by atoms with Crippen LogP contribution >= 0.6 is 0 Å². The Morgan fingerprint density at radius 2 is 1.87 bits per heavy atom. The summed E-state index contributed by atoms with van der Waals surface area (Å²) in [4.78, 5) is 25.5. The predicted octanol–water partition coefficient (Wildman–Crippen LogP) is 4.49. The van der Waals surface area contributed by atoms with E-state index in [0.29, 0.717) is 18.5 Å². The van der Waals surface area contributed by atoms with Crippen molar-refractivity contribution in [1.82, 2.24) is 4.90 Å². The van der Waals surface area contributed by atoms with Crippen LogP contribution in [0.1, 0.15) is 19.3 Å². The number of benzene rings is 2. The Balaban J connectivity index is 1.60. The number of alkyl halides is 3. The van der Waals surface area contributed by atoms with Gasteiger partial charge in [0, 0.05) is 18.8 Å². The molecule has 1 saturated heterocycles. The largest absolute Gasteiger partial charge is 0.497 e. The molecule has 30 heavy (non-hydrogen) atoms. The summed E-state index contributed by atoms with van der Waals surface area (Å²) in [5.74, 6) is -1.07. The Labute approximate surface area is 172 Å². The van der Waals surface area contributed by atoms with Crippen molar-refractivity contribution in [3.63, 3.8) is 0 Å². The summed E-state index contributed by atoms with van der Waals surface area (Å²) in [5, 5.41) is 2.80. The Bertz CT molecular complexity index is 897. The van der Waals surface area contributed by atoms with E-state index in [1.54, 1.807) is 19.2 Å². The Hall–Kier alpha value is -3.03. The monoisotopic (exact) mass is 420 g/mol. The molecule has 0 radical (unpaired) electrons. The van der Waals surface area contributed by atoms with Gasteiger partial charge >= 0.3 is 6.18 Å². The predicted molar refractivity (Wildman–Crippen MR) is 107 cm³/mol. The molecule has 3 rings (SSSR count). The maximum atomic E-state index is 12.6. The number of carbonyl (C=O) groups is 2. The number of nitrogens with zero attached hydrogens (tertiary/aromatic N) is 1. The zero-order chi connectivity index (χ0) is 21.7. The molecule has 0 aliphatic carbocycles. The van der Waals surface area contributed by atoms with Crippen molar-refractivity contribution in [3.05, 3.63) is 48.5 Å². The van der Waals surface area contributed by atoms with Gasteiger partial charge in [-0.2, -0.15) is 13.2 Å². The van der Waals surface area contributed by atoms with Crippen LogP contribution in [0.25, 0.3) is 11.1 Å². The van der Waals surface area contributed by atoms with Crippen LogP contribution in [-0.2, 0) is 9.59 Å². The lowest BCUT2D eigenvalue weighted by Gasteiger charge is -2.32. The van der Waals surface area contributed by atoms with Crippen LogP contribution in [-0.4, -0.2) is 43.1 Å². The Morgan fingerprint density at radius 3 is 2.53 bits per heavy atom. The quantitative estimate of drug-likeness (QED) is 0.775. The van der Waals surface area contributed by atoms with E-state index in [4.69, 9.17) is 4.74 Å². The number of halogens is 3. The molecule has 1 fully saturated rings. The molecule has 8 heteroatoms. The molecule has 0 bridgehead atoms. The maximum absolute atomic E-state index is 12.6. The van der Waals surface area contributed by atoms with E-state index in [2.05, 4.69) is 5.32 Å². The van der Waals surface area contributed by atoms with Gasteiger partial charge in [-0.15, -0.1) is 0 Å². The number of nitrogens with one attached hydrogen (secondary N) is 1. The number of methoxy groups -OCH3 is 1. The van der Waals surface area contributed by atoms with Crippen molar-refractivity contribution < 1.29 is 27.5 Å². The summed E-state index contributed by atoms with van der Waals surface area (Å²) in [7, 11) is 1.60. The fourth-order valence-electron chi connectivity index (χ4n) is 3.49. The molecule has 2 aromatic rings. The van der Waals surface area contributed by atoms with E-state index >= 15 is 0 Å². The average Bonchev–Trinajstić information content (AvgIpc) is 2.73. The summed E-state index contributed by atoms with van der Waals surface area (Å²) in [5.41, 5.74) is 2.51. The molecule has 0 unspecified atom stereocenters. The van der Waals surface area contributed by atoms with Gasteiger partial charge in [0.05, 0.1) is 13.0 Å². The van der Waals surface area contributed by atoms with Crippen molar-refractivity contribution in [2.24, 2.45) is 5.92 Å². The lowest BCUT2D eigenvalue weighted by molar-refractivity contribution is -0.162. The molecule has 160 valence electrons. The van der Waals surface area contributed by atoms with Crippen molar-refractivity contribution in [2.75, 3.05) is 25.5 Å². The van der Waals surface area contributed by atoms with Gasteiger partial charge < -0.3 is 15.0 Å². The average molecular weight is 420 g/mol. The number of ether oxygens (including phenoxy) is 1. The van der Waals surface area contributed by atoms with E-state index in [1.807, 2.05) is 36.4 Å². The van der Waals surface area contributed by atoms with Crippen LogP contribution in [0.15, 0.2) is 48.5 Å². The van der Waals surface area contributed by atoms with Gasteiger partial charge in [-0.25, -0.2) is 0 Å². The number of piperidine rings is 1. The standard InChI is InChI=1S/C22H23F3N2O3/c1-30-19-6-2-4-16(12-19)15-7-9-18(10-8-15)26-21(29)17-5-3-11-27(14-17)20(28)13-22(23,24)25/h2,4,6-10,12,17H,3,5,11,13-14H2,1H3,(H,26,29)/t17-/m1/s1. The Kier molecular flexibility index (Phi) is 6.64. The topological polar surface area (TPSA) is 58.6 Å².